The molecule has 0 amide bonds. The van der Waals surface area contributed by atoms with E-state index in [4.69, 9.17) is 49.3 Å². The van der Waals surface area contributed by atoms with E-state index in [1.165, 1.54) is 0 Å². The summed E-state index contributed by atoms with van der Waals surface area (Å²) in [6, 6.07) is 72.3. The Morgan fingerprint density at radius 1 is 0.309 bits per heavy atom. The zero-order valence-electron chi connectivity index (χ0n) is 52.2. The molecule has 0 saturated heterocycles. The Morgan fingerprint density at radius 3 is 0.938 bits per heavy atom. The van der Waals surface area contributed by atoms with Gasteiger partial charge in [-0.15, -0.1) is 44.1 Å². The van der Waals surface area contributed by atoms with E-state index in [1.807, 2.05) is 146 Å². The molecule has 4 aliphatic rings. The van der Waals surface area contributed by atoms with Gasteiger partial charge in [-0.1, -0.05) is 194 Å². The van der Waals surface area contributed by atoms with Crippen LogP contribution >= 0.6 is 0 Å². The minimum Gasteiger partial charge on any atom is -0.657 e. The third-order valence-corrected chi connectivity index (χ3v) is 17.1. The van der Waals surface area contributed by atoms with E-state index in [2.05, 4.69) is 97.1 Å². The first-order chi connectivity index (χ1) is 46.3. The van der Waals surface area contributed by atoms with E-state index < -0.39 is 11.9 Å². The summed E-state index contributed by atoms with van der Waals surface area (Å²) in [5, 5.41) is 0. The van der Waals surface area contributed by atoms with Crippen molar-refractivity contribution in [2.75, 3.05) is 13.2 Å². The standard InChI is InChI=1S/C82H56N8O4.2Fe.H2O/c1-3-93-81(91)54-28-24-52(25-29-54)77-60-34-32-56(83-60)48-57-33-35-61(84-57)78(53-26-30-55(31-27-53)82(92)94-4-2)69-43-47-73(90-69)80(72-46-42-68(77)89-72)59-23-15-14-22-58(59)79-70-44-40-66(87-70)75(50-18-10-6-11-19-50)64-38-36-62(85-64)74(49-16-8-5-9-17-49)63-37-39-65(86-63)76(51-20-12-7-13-21-51)67-41-45-71(79)88-67;;;/h5-48H,3-4H2,1-2H3,(H2-2,83,84,85,86,87,88,89,90,91,92);;;1H2/q-2;2*+2;/p-2. The van der Waals surface area contributed by atoms with Crippen molar-refractivity contribution in [3.63, 3.8) is 0 Å². The summed E-state index contributed by atoms with van der Waals surface area (Å²) >= 11 is 0. The van der Waals surface area contributed by atoms with E-state index in [0.717, 1.165) is 112 Å². The van der Waals surface area contributed by atoms with Gasteiger partial charge in [0.1, 0.15) is 0 Å². The number of fused-ring (bicyclic) bond motifs is 16. The molecule has 6 aromatic carbocycles. The zero-order chi connectivity index (χ0) is 63.2. The predicted octanol–water partition coefficient (Wildman–Crippen LogP) is 17.3. The fraction of sp³-hybridized carbons (Fsp3) is 0.0488. The average molecular weight is 1350 g/mol. The number of hydrogen-bond donors (Lipinski definition) is 0. The van der Waals surface area contributed by atoms with Crippen molar-refractivity contribution in [3.8, 4) is 77.9 Å². The number of rotatable bonds is 11. The zero-order valence-corrected chi connectivity index (χ0v) is 54.4. The minimum atomic E-state index is -0.405. The van der Waals surface area contributed by atoms with Gasteiger partial charge in [-0.2, -0.15) is 0 Å². The molecule has 97 heavy (non-hydrogen) atoms. The molecule has 16 rings (SSSR count). The van der Waals surface area contributed by atoms with Gasteiger partial charge in [-0.3, -0.25) is 0 Å². The van der Waals surface area contributed by atoms with E-state index in [-0.39, 0.29) is 52.8 Å². The molecule has 0 atom stereocenters. The van der Waals surface area contributed by atoms with Gasteiger partial charge in [0.15, 0.2) is 0 Å². The van der Waals surface area contributed by atoms with Crippen molar-refractivity contribution in [2.24, 2.45) is 0 Å². The minimum absolute atomic E-state index is 0. The third-order valence-electron chi connectivity index (χ3n) is 17.1. The number of ether oxygens (including phenoxy) is 2. The SMILES string of the molecule is CCOC(=O)c1ccc(-c2c3nc(c(-c4ccccc4-c4c5nc(c(-c6ccccc6)c6ccc([n-]6)c(-c6ccccc6)c6nc(c(-c7ccccc7)c7ccc4[n-]7)C=C6)C=C5)c4ccc([n-]4)c(-c4ccc(C(=O)OCC)cc4)c4nc(cc5ccc2[n-]5)C=C4)C=C3)cc1.O.[Fe+2].[Fe+2]. The van der Waals surface area contributed by atoms with Gasteiger partial charge in [0, 0.05) is 0 Å². The molecule has 15 heteroatoms. The van der Waals surface area contributed by atoms with Gasteiger partial charge < -0.3 is 34.9 Å². The van der Waals surface area contributed by atoms with Crippen LogP contribution in [0, 0.1) is 0 Å². The normalized spacial score (nSPS) is 11.8. The summed E-state index contributed by atoms with van der Waals surface area (Å²) in [5.74, 6) is -0.809. The Labute approximate surface area is 579 Å². The summed E-state index contributed by atoms with van der Waals surface area (Å²) in [5.41, 5.74) is 23.9. The van der Waals surface area contributed by atoms with E-state index in [1.54, 1.807) is 38.1 Å². The molecule has 0 unspecified atom stereocenters. The molecule has 470 valence electrons. The smallest absolute Gasteiger partial charge is 0.657 e. The van der Waals surface area contributed by atoms with Crippen molar-refractivity contribution in [2.45, 2.75) is 13.8 Å². The van der Waals surface area contributed by atoms with Crippen LogP contribution in [0.5, 0.6) is 0 Å². The first-order valence-electron chi connectivity index (χ1n) is 31.2. The van der Waals surface area contributed by atoms with Crippen LogP contribution in [-0.2, 0) is 43.6 Å². The van der Waals surface area contributed by atoms with Gasteiger partial charge in [-0.05, 0) is 165 Å². The van der Waals surface area contributed by atoms with E-state index in [9.17, 15) is 9.59 Å². The van der Waals surface area contributed by atoms with Crippen LogP contribution < -0.4 is 19.9 Å². The van der Waals surface area contributed by atoms with Crippen LogP contribution in [0.15, 0.2) is 218 Å². The molecule has 16 bridgehead atoms. The largest absolute Gasteiger partial charge is 2.00 e. The first kappa shape index (κ1) is 64.2. The Bertz CT molecular complexity index is 5460. The molecule has 13 nitrogen and oxygen atoms in total. The molecule has 0 spiro atoms. The maximum Gasteiger partial charge on any atom is 2.00 e. The molecule has 0 aliphatic carbocycles. The van der Waals surface area contributed by atoms with E-state index in [0.29, 0.717) is 67.2 Å². The maximum absolute atomic E-state index is 13.0. The van der Waals surface area contributed by atoms with Crippen molar-refractivity contribution >= 4 is 105 Å². The summed E-state index contributed by atoms with van der Waals surface area (Å²) in [7, 11) is 0. The van der Waals surface area contributed by atoms with Crippen LogP contribution in [0.4, 0.5) is 0 Å². The van der Waals surface area contributed by atoms with Crippen LogP contribution in [0.3, 0.4) is 0 Å². The van der Waals surface area contributed by atoms with E-state index >= 15 is 0 Å². The van der Waals surface area contributed by atoms with Crippen LogP contribution in [-0.4, -0.2) is 50.6 Å². The summed E-state index contributed by atoms with van der Waals surface area (Å²) < 4.78 is 10.8. The topological polar surface area (TPSA) is 192 Å². The van der Waals surface area contributed by atoms with Gasteiger partial charge >= 0.3 is 46.1 Å². The summed E-state index contributed by atoms with van der Waals surface area (Å²) in [6.45, 7) is 4.10. The molecule has 0 radical (unpaired) electrons. The molecule has 12 aromatic rings. The van der Waals surface area contributed by atoms with Crippen LogP contribution in [0.2, 0.25) is 0 Å². The molecule has 10 heterocycles. The van der Waals surface area contributed by atoms with Crippen LogP contribution in [0.25, 0.3) is 171 Å². The van der Waals surface area contributed by atoms with Crippen LogP contribution in [0.1, 0.15) is 80.1 Å². The fourth-order valence-electron chi connectivity index (χ4n) is 12.8. The molecule has 2 N–H and O–H groups in total. The second-order valence-electron chi connectivity index (χ2n) is 22.8. The first-order valence-corrected chi connectivity index (χ1v) is 31.2. The maximum atomic E-state index is 13.0. The second-order valence-corrected chi connectivity index (χ2v) is 22.8. The number of carbonyl (C=O) groups is 2. The quantitative estimate of drug-likeness (QED) is 0.0880. The number of benzene rings is 6. The van der Waals surface area contributed by atoms with Gasteiger partial charge in [0.2, 0.25) is 0 Å². The average Bonchev–Trinajstić information content (AvgIpc) is 1.64. The van der Waals surface area contributed by atoms with Gasteiger partial charge in [-0.25, -0.2) is 29.5 Å². The molecule has 4 aliphatic heterocycles. The Kier molecular flexibility index (Phi) is 18.1. The Morgan fingerprint density at radius 2 is 0.588 bits per heavy atom. The van der Waals surface area contributed by atoms with Crippen molar-refractivity contribution in [1.82, 2.24) is 39.9 Å². The molecule has 0 fully saturated rings. The Balaban J connectivity index is 0.00000283. The Hall–Kier alpha value is -11.5. The van der Waals surface area contributed by atoms with Gasteiger partial charge in [0.25, 0.3) is 0 Å². The fourth-order valence-corrected chi connectivity index (χ4v) is 12.8. The second kappa shape index (κ2) is 27.4. The van der Waals surface area contributed by atoms with Crippen molar-refractivity contribution in [1.29, 1.82) is 0 Å². The number of carbonyl (C=O) groups excluding carboxylic acids is 2. The van der Waals surface area contributed by atoms with Crippen molar-refractivity contribution < 1.29 is 58.7 Å². The number of esters is 2. The summed E-state index contributed by atoms with van der Waals surface area (Å²) in [6.07, 6.45) is 16.3. The molecular weight excluding hydrogens is 1290 g/mol. The molecule has 6 aromatic heterocycles. The number of hydrogen-bond acceptors (Lipinski definition) is 8. The number of aromatic nitrogens is 8. The summed E-state index contributed by atoms with van der Waals surface area (Å²) in [4.78, 5) is 70.1. The van der Waals surface area contributed by atoms with Gasteiger partial charge in [0.05, 0.1) is 69.9 Å². The molecular formula is C82H56Fe2N8O5. The monoisotopic (exact) mass is 1340 g/mol. The van der Waals surface area contributed by atoms with Crippen molar-refractivity contribution in [3.05, 3.63) is 275 Å². The molecule has 0 saturated carbocycles. The predicted molar refractivity (Wildman–Crippen MR) is 381 cm³/mol. The number of nitrogens with zero attached hydrogens (tertiary/aromatic N) is 8. The third kappa shape index (κ3) is 12.1.